The Kier molecular flexibility index (Phi) is 4.23. The van der Waals surface area contributed by atoms with Crippen molar-refractivity contribution in [3.05, 3.63) is 53.7 Å². The fourth-order valence-electron chi connectivity index (χ4n) is 1.86. The van der Waals surface area contributed by atoms with E-state index in [1.165, 1.54) is 4.90 Å². The molecule has 1 unspecified atom stereocenters. The van der Waals surface area contributed by atoms with E-state index in [1.54, 1.807) is 18.0 Å². The number of hydrogen-bond acceptors (Lipinski definition) is 4. The predicted molar refractivity (Wildman–Crippen MR) is 77.5 cm³/mol. The van der Waals surface area contributed by atoms with E-state index in [1.807, 2.05) is 31.2 Å². The number of rotatable bonds is 4. The number of thioether (sulfide) groups is 1. The van der Waals surface area contributed by atoms with Gasteiger partial charge in [-0.2, -0.15) is 0 Å². The van der Waals surface area contributed by atoms with Gasteiger partial charge in [0.15, 0.2) is 0 Å². The molecule has 0 aliphatic heterocycles. The number of pyridine rings is 1. The Morgan fingerprint density at radius 1 is 1.22 bits per heavy atom. The Morgan fingerprint density at radius 2 is 1.94 bits per heavy atom. The molecule has 0 amide bonds. The van der Waals surface area contributed by atoms with Crippen LogP contribution in [0.15, 0.2) is 47.5 Å². The lowest BCUT2D eigenvalue weighted by molar-refractivity contribution is 0.819. The highest BCUT2D eigenvalue weighted by atomic mass is 32.2. The second kappa shape index (κ2) is 5.89. The summed E-state index contributed by atoms with van der Waals surface area (Å²) in [5, 5.41) is 0. The van der Waals surface area contributed by atoms with Gasteiger partial charge in [-0.15, -0.1) is 11.8 Å². The Hall–Kier alpha value is -1.52. The second-order valence-electron chi connectivity index (χ2n) is 4.16. The highest BCUT2D eigenvalue weighted by Crippen LogP contribution is 2.27. The highest BCUT2D eigenvalue weighted by molar-refractivity contribution is 7.99. The van der Waals surface area contributed by atoms with Crippen molar-refractivity contribution >= 4 is 17.6 Å². The molecule has 0 saturated heterocycles. The first kappa shape index (κ1) is 12.9. The monoisotopic (exact) mass is 259 g/mol. The smallest absolute Gasteiger partial charge is 0.128 e. The summed E-state index contributed by atoms with van der Waals surface area (Å²) in [4.78, 5) is 5.32. The average Bonchev–Trinajstić information content (AvgIpc) is 2.37. The van der Waals surface area contributed by atoms with Crippen molar-refractivity contribution in [1.82, 2.24) is 4.98 Å². The summed E-state index contributed by atoms with van der Waals surface area (Å²) in [6.45, 7) is 2.01. The molecule has 0 aliphatic carbocycles. The van der Waals surface area contributed by atoms with Gasteiger partial charge in [-0.1, -0.05) is 18.2 Å². The molecular weight excluding hydrogens is 242 g/mol. The number of benzene rings is 1. The summed E-state index contributed by atoms with van der Waals surface area (Å²) in [6, 6.07) is 12.1. The molecule has 0 radical (unpaired) electrons. The Balaban J connectivity index is 2.06. The highest BCUT2D eigenvalue weighted by Gasteiger charge is 2.13. The van der Waals surface area contributed by atoms with Crippen molar-refractivity contribution in [1.29, 1.82) is 0 Å². The molecule has 0 saturated carbocycles. The van der Waals surface area contributed by atoms with Gasteiger partial charge < -0.3 is 11.5 Å². The van der Waals surface area contributed by atoms with Gasteiger partial charge in [0.2, 0.25) is 0 Å². The third kappa shape index (κ3) is 3.03. The van der Waals surface area contributed by atoms with Gasteiger partial charge in [0.25, 0.3) is 0 Å². The number of nitrogens with zero attached hydrogens (tertiary/aromatic N) is 1. The van der Waals surface area contributed by atoms with Crippen LogP contribution in [0.4, 0.5) is 5.82 Å². The van der Waals surface area contributed by atoms with Gasteiger partial charge in [0.05, 0.1) is 0 Å². The van der Waals surface area contributed by atoms with Crippen molar-refractivity contribution in [3.8, 4) is 0 Å². The molecule has 1 atom stereocenters. The maximum absolute atomic E-state index is 6.20. The van der Waals surface area contributed by atoms with Crippen molar-refractivity contribution in [2.75, 3.05) is 11.5 Å². The molecule has 2 rings (SSSR count). The van der Waals surface area contributed by atoms with E-state index in [0.717, 1.165) is 16.9 Å². The minimum atomic E-state index is -0.0936. The van der Waals surface area contributed by atoms with Crippen LogP contribution in [-0.4, -0.2) is 10.7 Å². The zero-order valence-corrected chi connectivity index (χ0v) is 11.2. The van der Waals surface area contributed by atoms with Crippen LogP contribution in [0.3, 0.4) is 0 Å². The first-order valence-corrected chi connectivity index (χ1v) is 6.81. The molecule has 4 N–H and O–H groups in total. The molecule has 2 aromatic rings. The molecular formula is C14H17N3S. The second-order valence-corrected chi connectivity index (χ2v) is 5.25. The van der Waals surface area contributed by atoms with Crippen LogP contribution in [0.25, 0.3) is 0 Å². The summed E-state index contributed by atoms with van der Waals surface area (Å²) < 4.78 is 0. The first-order chi connectivity index (χ1) is 8.68. The molecule has 4 heteroatoms. The lowest BCUT2D eigenvalue weighted by Gasteiger charge is -2.15. The molecule has 0 spiro atoms. The average molecular weight is 259 g/mol. The molecule has 1 aromatic heterocycles. The van der Waals surface area contributed by atoms with Crippen LogP contribution in [0.5, 0.6) is 0 Å². The van der Waals surface area contributed by atoms with Crippen LogP contribution >= 0.6 is 11.8 Å². The SMILES string of the molecule is Cc1ccnc(N)c1C(N)CSc1ccccc1. The van der Waals surface area contributed by atoms with E-state index >= 15 is 0 Å². The van der Waals surface area contributed by atoms with Crippen LogP contribution in [0.1, 0.15) is 17.2 Å². The number of anilines is 1. The number of aromatic nitrogens is 1. The maximum Gasteiger partial charge on any atom is 0.128 e. The van der Waals surface area contributed by atoms with Crippen LogP contribution in [0, 0.1) is 6.92 Å². The number of hydrogen-bond donors (Lipinski definition) is 2. The summed E-state index contributed by atoms with van der Waals surface area (Å²) in [6.07, 6.45) is 1.71. The molecule has 0 aliphatic rings. The minimum Gasteiger partial charge on any atom is -0.383 e. The topological polar surface area (TPSA) is 64.9 Å². The lowest BCUT2D eigenvalue weighted by atomic mass is 10.1. The molecule has 0 bridgehead atoms. The molecule has 94 valence electrons. The third-order valence-electron chi connectivity index (χ3n) is 2.78. The Labute approximate surface area is 112 Å². The van der Waals surface area contributed by atoms with Gasteiger partial charge in [0, 0.05) is 28.5 Å². The van der Waals surface area contributed by atoms with E-state index in [2.05, 4.69) is 17.1 Å². The summed E-state index contributed by atoms with van der Waals surface area (Å²) >= 11 is 1.73. The zero-order chi connectivity index (χ0) is 13.0. The van der Waals surface area contributed by atoms with Crippen LogP contribution < -0.4 is 11.5 Å². The minimum absolute atomic E-state index is 0.0936. The fraction of sp³-hybridized carbons (Fsp3) is 0.214. The Bertz CT molecular complexity index is 493. The van der Waals surface area contributed by atoms with E-state index < -0.39 is 0 Å². The van der Waals surface area contributed by atoms with Crippen LogP contribution in [0.2, 0.25) is 0 Å². The fourth-order valence-corrected chi connectivity index (χ4v) is 2.75. The quantitative estimate of drug-likeness (QED) is 0.829. The van der Waals surface area contributed by atoms with Crippen molar-refractivity contribution in [2.24, 2.45) is 5.73 Å². The Morgan fingerprint density at radius 3 is 2.61 bits per heavy atom. The normalized spacial score (nSPS) is 12.3. The summed E-state index contributed by atoms with van der Waals surface area (Å²) in [5.41, 5.74) is 14.2. The molecule has 0 fully saturated rings. The molecule has 1 aromatic carbocycles. The van der Waals surface area contributed by atoms with Crippen molar-refractivity contribution < 1.29 is 0 Å². The van der Waals surface area contributed by atoms with Gasteiger partial charge in [-0.25, -0.2) is 4.98 Å². The van der Waals surface area contributed by atoms with Crippen LogP contribution in [-0.2, 0) is 0 Å². The van der Waals surface area contributed by atoms with Gasteiger partial charge >= 0.3 is 0 Å². The van der Waals surface area contributed by atoms with Gasteiger partial charge in [-0.05, 0) is 30.7 Å². The van der Waals surface area contributed by atoms with E-state index in [4.69, 9.17) is 11.5 Å². The first-order valence-electron chi connectivity index (χ1n) is 5.83. The van der Waals surface area contributed by atoms with E-state index in [0.29, 0.717) is 5.82 Å². The zero-order valence-electron chi connectivity index (χ0n) is 10.3. The lowest BCUT2D eigenvalue weighted by Crippen LogP contribution is -2.17. The number of nitrogen functional groups attached to an aromatic ring is 1. The van der Waals surface area contributed by atoms with Gasteiger partial charge in [0.1, 0.15) is 5.82 Å². The number of nitrogens with two attached hydrogens (primary N) is 2. The number of aryl methyl sites for hydroxylation is 1. The summed E-state index contributed by atoms with van der Waals surface area (Å²) in [7, 11) is 0. The van der Waals surface area contributed by atoms with E-state index in [-0.39, 0.29) is 6.04 Å². The summed E-state index contributed by atoms with van der Waals surface area (Å²) in [5.74, 6) is 1.33. The largest absolute Gasteiger partial charge is 0.383 e. The molecule has 18 heavy (non-hydrogen) atoms. The van der Waals surface area contributed by atoms with Crippen molar-refractivity contribution in [3.63, 3.8) is 0 Å². The van der Waals surface area contributed by atoms with Crippen molar-refractivity contribution in [2.45, 2.75) is 17.9 Å². The van der Waals surface area contributed by atoms with E-state index in [9.17, 15) is 0 Å². The molecule has 1 heterocycles. The van der Waals surface area contributed by atoms with Gasteiger partial charge in [-0.3, -0.25) is 0 Å². The predicted octanol–water partition coefficient (Wildman–Crippen LogP) is 2.76. The molecule has 3 nitrogen and oxygen atoms in total. The standard InChI is InChI=1S/C14H17N3S/c1-10-7-8-17-14(16)13(10)12(15)9-18-11-5-3-2-4-6-11/h2-8,12H,9,15H2,1H3,(H2,16,17). The maximum atomic E-state index is 6.20. The third-order valence-corrected chi connectivity index (χ3v) is 3.91.